The lowest BCUT2D eigenvalue weighted by molar-refractivity contribution is 0.0276. The van der Waals surface area contributed by atoms with E-state index < -0.39 is 5.60 Å². The van der Waals surface area contributed by atoms with E-state index in [-0.39, 0.29) is 12.5 Å². The van der Waals surface area contributed by atoms with Gasteiger partial charge in [-0.05, 0) is 50.6 Å². The fourth-order valence-corrected chi connectivity index (χ4v) is 2.67. The van der Waals surface area contributed by atoms with Crippen LogP contribution in [0.3, 0.4) is 0 Å². The number of hydrogen-bond donors (Lipinski definition) is 3. The van der Waals surface area contributed by atoms with Gasteiger partial charge in [0.2, 0.25) is 0 Å². The molecule has 1 fully saturated rings. The Morgan fingerprint density at radius 2 is 2.24 bits per heavy atom. The number of halogens is 1. The topological polar surface area (TPSA) is 70.6 Å². The normalized spacial score (nSPS) is 22.4. The molecule has 0 saturated carbocycles. The summed E-state index contributed by atoms with van der Waals surface area (Å²) in [6.07, 6.45) is 2.21. The van der Waals surface area contributed by atoms with Gasteiger partial charge >= 0.3 is 0 Å². The van der Waals surface area contributed by atoms with Gasteiger partial charge in [0.15, 0.2) is 0 Å². The maximum atomic E-state index is 12.2. The minimum atomic E-state index is -0.845. The highest BCUT2D eigenvalue weighted by Crippen LogP contribution is 2.22. The van der Waals surface area contributed by atoms with Crippen molar-refractivity contribution in [1.29, 1.82) is 0 Å². The maximum Gasteiger partial charge on any atom is 0.251 e. The first-order valence-corrected chi connectivity index (χ1v) is 7.46. The zero-order chi connectivity index (χ0) is 15.3. The molecule has 1 aromatic carbocycles. The van der Waals surface area contributed by atoms with E-state index in [0.29, 0.717) is 29.2 Å². The van der Waals surface area contributed by atoms with E-state index in [1.54, 1.807) is 18.2 Å². The molecule has 21 heavy (non-hydrogen) atoms. The Morgan fingerprint density at radius 3 is 3.00 bits per heavy atom. The summed E-state index contributed by atoms with van der Waals surface area (Å²) in [5.41, 5.74) is -0.420. The Bertz CT molecular complexity index is 500. The second kappa shape index (κ2) is 7.11. The summed E-state index contributed by atoms with van der Waals surface area (Å²) in [6, 6.07) is 4.85. The van der Waals surface area contributed by atoms with E-state index in [9.17, 15) is 9.90 Å². The van der Waals surface area contributed by atoms with Gasteiger partial charge in [-0.2, -0.15) is 0 Å². The number of hydrogen-bond acceptors (Lipinski definition) is 4. The van der Waals surface area contributed by atoms with Crippen LogP contribution in [0.2, 0.25) is 5.02 Å². The lowest BCUT2D eigenvalue weighted by Gasteiger charge is -2.26. The SMILES string of the molecule is COc1cc(Cl)cc(C(=O)NCC2(O)CCCNCC2)c1. The van der Waals surface area contributed by atoms with Gasteiger partial charge in [0, 0.05) is 17.1 Å². The first-order chi connectivity index (χ1) is 10.0. The number of rotatable bonds is 4. The van der Waals surface area contributed by atoms with Gasteiger partial charge in [-0.15, -0.1) is 0 Å². The molecule has 116 valence electrons. The fourth-order valence-electron chi connectivity index (χ4n) is 2.45. The van der Waals surface area contributed by atoms with Crippen molar-refractivity contribution in [3.8, 4) is 5.75 Å². The minimum absolute atomic E-state index is 0.238. The van der Waals surface area contributed by atoms with Crippen molar-refractivity contribution in [2.75, 3.05) is 26.7 Å². The molecule has 1 atom stereocenters. The predicted octanol–water partition coefficient (Wildman–Crippen LogP) is 1.58. The van der Waals surface area contributed by atoms with Gasteiger partial charge in [0.05, 0.1) is 12.7 Å². The first kappa shape index (κ1) is 16.1. The highest BCUT2D eigenvalue weighted by molar-refractivity contribution is 6.31. The number of carbonyl (C=O) groups is 1. The van der Waals surface area contributed by atoms with Crippen LogP contribution < -0.4 is 15.4 Å². The first-order valence-electron chi connectivity index (χ1n) is 7.08. The van der Waals surface area contributed by atoms with E-state index in [0.717, 1.165) is 19.5 Å². The lowest BCUT2D eigenvalue weighted by atomic mass is 9.95. The van der Waals surface area contributed by atoms with E-state index in [2.05, 4.69) is 10.6 Å². The van der Waals surface area contributed by atoms with Crippen LogP contribution >= 0.6 is 11.6 Å². The molecule has 1 aromatic rings. The Morgan fingerprint density at radius 1 is 1.43 bits per heavy atom. The van der Waals surface area contributed by atoms with E-state index in [4.69, 9.17) is 16.3 Å². The van der Waals surface area contributed by atoms with Crippen LogP contribution in [0.5, 0.6) is 5.75 Å². The summed E-state index contributed by atoms with van der Waals surface area (Å²) >= 11 is 5.95. The monoisotopic (exact) mass is 312 g/mol. The summed E-state index contributed by atoms with van der Waals surface area (Å²) < 4.78 is 5.09. The number of nitrogens with one attached hydrogen (secondary N) is 2. The van der Waals surface area contributed by atoms with Crippen LogP contribution in [-0.4, -0.2) is 43.4 Å². The summed E-state index contributed by atoms with van der Waals surface area (Å²) in [5, 5.41) is 17.0. The predicted molar refractivity (Wildman–Crippen MR) is 82.0 cm³/mol. The van der Waals surface area contributed by atoms with Gasteiger partial charge in [-0.25, -0.2) is 0 Å². The van der Waals surface area contributed by atoms with Crippen molar-refractivity contribution in [3.05, 3.63) is 28.8 Å². The number of benzene rings is 1. The van der Waals surface area contributed by atoms with Gasteiger partial charge < -0.3 is 20.5 Å². The number of methoxy groups -OCH3 is 1. The zero-order valence-corrected chi connectivity index (χ0v) is 12.9. The van der Waals surface area contributed by atoms with E-state index >= 15 is 0 Å². The third kappa shape index (κ3) is 4.59. The summed E-state index contributed by atoms with van der Waals surface area (Å²) in [5.74, 6) is 0.270. The van der Waals surface area contributed by atoms with Gasteiger partial charge in [0.25, 0.3) is 5.91 Å². The van der Waals surface area contributed by atoms with Crippen LogP contribution in [0, 0.1) is 0 Å². The number of ether oxygens (including phenoxy) is 1. The number of amides is 1. The minimum Gasteiger partial charge on any atom is -0.497 e. The molecule has 1 saturated heterocycles. The molecule has 1 unspecified atom stereocenters. The molecule has 5 nitrogen and oxygen atoms in total. The molecule has 1 aliphatic rings. The van der Waals surface area contributed by atoms with Crippen LogP contribution in [0.25, 0.3) is 0 Å². The molecule has 1 heterocycles. The second-order valence-electron chi connectivity index (χ2n) is 5.39. The third-order valence-corrected chi connectivity index (χ3v) is 3.93. The Balaban J connectivity index is 1.99. The smallest absolute Gasteiger partial charge is 0.251 e. The quantitative estimate of drug-likeness (QED) is 0.789. The molecule has 6 heteroatoms. The molecule has 0 bridgehead atoms. The van der Waals surface area contributed by atoms with Crippen LogP contribution in [0.4, 0.5) is 0 Å². The maximum absolute atomic E-state index is 12.2. The molecule has 1 amide bonds. The summed E-state index contributed by atoms with van der Waals surface area (Å²) in [4.78, 5) is 12.2. The molecule has 2 rings (SSSR count). The van der Waals surface area contributed by atoms with Crippen molar-refractivity contribution < 1.29 is 14.6 Å². The van der Waals surface area contributed by atoms with Crippen molar-refractivity contribution in [2.24, 2.45) is 0 Å². The van der Waals surface area contributed by atoms with Crippen LogP contribution in [-0.2, 0) is 0 Å². The Hall–Kier alpha value is -1.30. The van der Waals surface area contributed by atoms with Crippen molar-refractivity contribution in [1.82, 2.24) is 10.6 Å². The molecule has 0 spiro atoms. The number of carbonyl (C=O) groups excluding carboxylic acids is 1. The Kier molecular flexibility index (Phi) is 5.45. The molecule has 3 N–H and O–H groups in total. The summed E-state index contributed by atoms with van der Waals surface area (Å²) in [6.45, 7) is 1.90. The van der Waals surface area contributed by atoms with Gasteiger partial charge in [-0.1, -0.05) is 11.6 Å². The number of aliphatic hydroxyl groups is 1. The standard InChI is InChI=1S/C15H21ClN2O3/c1-21-13-8-11(7-12(16)9-13)14(19)18-10-15(20)3-2-5-17-6-4-15/h7-9,17,20H,2-6,10H2,1H3,(H,18,19). The molecular weight excluding hydrogens is 292 g/mol. The van der Waals surface area contributed by atoms with Crippen molar-refractivity contribution in [2.45, 2.75) is 24.9 Å². The van der Waals surface area contributed by atoms with Crippen molar-refractivity contribution in [3.63, 3.8) is 0 Å². The van der Waals surface area contributed by atoms with E-state index in [1.807, 2.05) is 0 Å². The van der Waals surface area contributed by atoms with Gasteiger partial charge in [-0.3, -0.25) is 4.79 Å². The van der Waals surface area contributed by atoms with Gasteiger partial charge in [0.1, 0.15) is 5.75 Å². The average molecular weight is 313 g/mol. The lowest BCUT2D eigenvalue weighted by Crippen LogP contribution is -2.43. The fraction of sp³-hybridized carbons (Fsp3) is 0.533. The van der Waals surface area contributed by atoms with Crippen molar-refractivity contribution >= 4 is 17.5 Å². The average Bonchev–Trinajstić information content (AvgIpc) is 2.69. The molecular formula is C15H21ClN2O3. The molecule has 0 aliphatic carbocycles. The third-order valence-electron chi connectivity index (χ3n) is 3.71. The highest BCUT2D eigenvalue weighted by atomic mass is 35.5. The van der Waals surface area contributed by atoms with Crippen LogP contribution in [0.1, 0.15) is 29.6 Å². The molecule has 1 aliphatic heterocycles. The zero-order valence-electron chi connectivity index (χ0n) is 12.1. The molecule has 0 radical (unpaired) electrons. The highest BCUT2D eigenvalue weighted by Gasteiger charge is 2.28. The Labute approximate surface area is 129 Å². The van der Waals surface area contributed by atoms with Crippen LogP contribution in [0.15, 0.2) is 18.2 Å². The largest absolute Gasteiger partial charge is 0.497 e. The van der Waals surface area contributed by atoms with E-state index in [1.165, 1.54) is 7.11 Å². The second-order valence-corrected chi connectivity index (χ2v) is 5.83. The summed E-state index contributed by atoms with van der Waals surface area (Å²) in [7, 11) is 1.52. The molecule has 0 aromatic heterocycles.